The molecule has 0 saturated heterocycles. The summed E-state index contributed by atoms with van der Waals surface area (Å²) in [5, 5.41) is 13.1. The third-order valence-electron chi connectivity index (χ3n) is 5.06. The van der Waals surface area contributed by atoms with Crippen LogP contribution in [0.1, 0.15) is 12.0 Å². The Balaban J connectivity index is 1.53. The monoisotopic (exact) mass is 565 g/mol. The number of nitro benzene ring substituents is 1. The number of nitro groups is 1. The number of methoxy groups -OCH3 is 3. The summed E-state index contributed by atoms with van der Waals surface area (Å²) in [4.78, 5) is 38.1. The number of aryl methyl sites for hydroxylation is 1. The van der Waals surface area contributed by atoms with Crippen LogP contribution in [-0.4, -0.2) is 58.1 Å². The van der Waals surface area contributed by atoms with Crippen LogP contribution >= 0.6 is 11.3 Å². The largest absolute Gasteiger partial charge is 0.493 e. The lowest BCUT2D eigenvalue weighted by molar-refractivity contribution is -0.384. The Morgan fingerprint density at radius 1 is 1.05 bits per heavy atom. The zero-order chi connectivity index (χ0) is 27.9. The molecule has 0 spiro atoms. The lowest BCUT2D eigenvalue weighted by Gasteiger charge is -2.14. The number of carbonyl (C=O) groups is 2. The van der Waals surface area contributed by atoms with Gasteiger partial charge >= 0.3 is 5.97 Å². The molecule has 38 heavy (non-hydrogen) atoms. The fourth-order valence-electron chi connectivity index (χ4n) is 3.20. The number of carbonyl (C=O) groups excluding carboxylic acids is 2. The molecule has 3 aromatic rings. The van der Waals surface area contributed by atoms with E-state index in [1.807, 2.05) is 0 Å². The van der Waals surface area contributed by atoms with Crippen molar-refractivity contribution in [2.24, 2.45) is 0 Å². The van der Waals surface area contributed by atoms with Crippen LogP contribution in [0.5, 0.6) is 17.2 Å². The van der Waals surface area contributed by atoms with E-state index in [9.17, 15) is 28.1 Å². The number of ether oxygens (including phenoxy) is 4. The third kappa shape index (κ3) is 6.74. The molecule has 0 aliphatic heterocycles. The summed E-state index contributed by atoms with van der Waals surface area (Å²) < 4.78 is 46.1. The van der Waals surface area contributed by atoms with Crippen molar-refractivity contribution in [3.05, 3.63) is 58.3 Å². The number of aromatic nitrogens is 1. The van der Waals surface area contributed by atoms with Crippen molar-refractivity contribution in [1.82, 2.24) is 4.98 Å². The number of benzene rings is 2. The standard InChI is InChI=1S/C23H23N3O10S2/c1-33-17-10-14(11-18(34-2)22(17)35-3)4-9-20(28)36-13-19(27)25-23-24-12-21(37-23)38(31,32)16-7-5-15(6-8-16)26(29)30/h5-8,10-12H,4,9,13H2,1-3H3,(H,24,25,27). The highest BCUT2D eigenvalue weighted by atomic mass is 32.2. The quantitative estimate of drug-likeness (QED) is 0.194. The molecule has 0 bridgehead atoms. The topological polar surface area (TPSA) is 173 Å². The smallest absolute Gasteiger partial charge is 0.306 e. The first-order chi connectivity index (χ1) is 18.1. The highest BCUT2D eigenvalue weighted by molar-refractivity contribution is 7.93. The molecule has 0 aliphatic rings. The van der Waals surface area contributed by atoms with Crippen LogP contribution in [0.3, 0.4) is 0 Å². The van der Waals surface area contributed by atoms with E-state index in [4.69, 9.17) is 18.9 Å². The molecule has 13 nitrogen and oxygen atoms in total. The van der Waals surface area contributed by atoms with E-state index in [2.05, 4.69) is 10.3 Å². The maximum absolute atomic E-state index is 12.7. The van der Waals surface area contributed by atoms with Gasteiger partial charge in [-0.05, 0) is 36.2 Å². The normalized spacial score (nSPS) is 10.9. The van der Waals surface area contributed by atoms with Gasteiger partial charge in [-0.2, -0.15) is 0 Å². The third-order valence-corrected chi connectivity index (χ3v) is 8.20. The minimum atomic E-state index is -4.00. The Hall–Kier alpha value is -4.24. The van der Waals surface area contributed by atoms with Crippen molar-refractivity contribution in [3.63, 3.8) is 0 Å². The van der Waals surface area contributed by atoms with Crippen molar-refractivity contribution >= 4 is 43.9 Å². The number of amides is 1. The molecule has 1 aromatic heterocycles. The number of non-ortho nitro benzene ring substituents is 1. The second-order valence-electron chi connectivity index (χ2n) is 7.48. The number of rotatable bonds is 12. The van der Waals surface area contributed by atoms with E-state index in [1.165, 1.54) is 21.3 Å². The van der Waals surface area contributed by atoms with Crippen LogP contribution < -0.4 is 19.5 Å². The van der Waals surface area contributed by atoms with Gasteiger partial charge < -0.3 is 18.9 Å². The van der Waals surface area contributed by atoms with Gasteiger partial charge in [0.05, 0.1) is 37.3 Å². The summed E-state index contributed by atoms with van der Waals surface area (Å²) in [5.74, 6) is -0.0425. The highest BCUT2D eigenvalue weighted by Gasteiger charge is 2.23. The second kappa shape index (κ2) is 12.3. The predicted molar refractivity (Wildman–Crippen MR) is 135 cm³/mol. The minimum absolute atomic E-state index is 0.0241. The van der Waals surface area contributed by atoms with Gasteiger partial charge in [0.1, 0.15) is 4.21 Å². The maximum atomic E-state index is 12.7. The van der Waals surface area contributed by atoms with Crippen LogP contribution in [0.2, 0.25) is 0 Å². The molecular formula is C23H23N3O10S2. The van der Waals surface area contributed by atoms with Crippen LogP contribution in [0, 0.1) is 10.1 Å². The molecular weight excluding hydrogens is 542 g/mol. The highest BCUT2D eigenvalue weighted by Crippen LogP contribution is 2.38. The molecule has 202 valence electrons. The number of hydrogen-bond acceptors (Lipinski definition) is 12. The summed E-state index contributed by atoms with van der Waals surface area (Å²) >= 11 is 0.686. The van der Waals surface area contributed by atoms with E-state index in [1.54, 1.807) is 12.1 Å². The lowest BCUT2D eigenvalue weighted by atomic mass is 10.1. The summed E-state index contributed by atoms with van der Waals surface area (Å²) in [5.41, 5.74) is 0.477. The molecule has 3 rings (SSSR count). The molecule has 0 radical (unpaired) electrons. The molecule has 0 unspecified atom stereocenters. The number of thiazole rings is 1. The Kier molecular flexibility index (Phi) is 9.20. The average molecular weight is 566 g/mol. The van der Waals surface area contributed by atoms with Crippen LogP contribution in [0.4, 0.5) is 10.8 Å². The van der Waals surface area contributed by atoms with Crippen LogP contribution in [0.15, 0.2) is 51.7 Å². The fraction of sp³-hybridized carbons (Fsp3) is 0.261. The number of anilines is 1. The van der Waals surface area contributed by atoms with Crippen molar-refractivity contribution in [2.75, 3.05) is 33.3 Å². The number of esters is 1. The zero-order valence-electron chi connectivity index (χ0n) is 20.5. The SMILES string of the molecule is COc1cc(CCC(=O)OCC(=O)Nc2ncc(S(=O)(=O)c3ccc([N+](=O)[O-])cc3)s2)cc(OC)c1OC. The number of hydrogen-bond donors (Lipinski definition) is 1. The number of nitrogens with one attached hydrogen (secondary N) is 1. The molecule has 0 saturated carbocycles. The molecule has 0 atom stereocenters. The van der Waals surface area contributed by atoms with E-state index >= 15 is 0 Å². The summed E-state index contributed by atoms with van der Waals surface area (Å²) in [6.07, 6.45) is 1.31. The second-order valence-corrected chi connectivity index (χ2v) is 10.7. The summed E-state index contributed by atoms with van der Waals surface area (Å²) in [6, 6.07) is 7.78. The van der Waals surface area contributed by atoms with Gasteiger partial charge in [-0.25, -0.2) is 13.4 Å². The Labute approximate surface area is 221 Å². The first-order valence-electron chi connectivity index (χ1n) is 10.8. The molecule has 2 aromatic carbocycles. The number of sulfone groups is 1. The van der Waals surface area contributed by atoms with Gasteiger partial charge in [0.25, 0.3) is 11.6 Å². The van der Waals surface area contributed by atoms with Crippen LogP contribution in [0.25, 0.3) is 0 Å². The average Bonchev–Trinajstić information content (AvgIpc) is 3.39. The summed E-state index contributed by atoms with van der Waals surface area (Å²) in [7, 11) is 0.433. The minimum Gasteiger partial charge on any atom is -0.493 e. The fourth-order valence-corrected chi connectivity index (χ4v) is 5.65. The van der Waals surface area contributed by atoms with Crippen molar-refractivity contribution < 1.29 is 41.9 Å². The zero-order valence-corrected chi connectivity index (χ0v) is 22.1. The van der Waals surface area contributed by atoms with Gasteiger partial charge in [-0.15, -0.1) is 0 Å². The van der Waals surface area contributed by atoms with Crippen molar-refractivity contribution in [2.45, 2.75) is 21.9 Å². The molecule has 1 amide bonds. The van der Waals surface area contributed by atoms with Gasteiger partial charge in [0.2, 0.25) is 15.6 Å². The Morgan fingerprint density at radius 2 is 1.68 bits per heavy atom. The van der Waals surface area contributed by atoms with E-state index in [-0.39, 0.29) is 32.8 Å². The molecule has 0 aliphatic carbocycles. The molecule has 15 heteroatoms. The van der Waals surface area contributed by atoms with Gasteiger partial charge in [-0.1, -0.05) is 11.3 Å². The molecule has 1 N–H and O–H groups in total. The van der Waals surface area contributed by atoms with Gasteiger partial charge in [0, 0.05) is 18.6 Å². The predicted octanol–water partition coefficient (Wildman–Crippen LogP) is 3.02. The number of nitrogens with zero attached hydrogens (tertiary/aromatic N) is 2. The first kappa shape index (κ1) is 28.3. The van der Waals surface area contributed by atoms with E-state index in [0.29, 0.717) is 28.6 Å². The Morgan fingerprint density at radius 3 is 2.24 bits per heavy atom. The maximum Gasteiger partial charge on any atom is 0.306 e. The van der Waals surface area contributed by atoms with Crippen molar-refractivity contribution in [3.8, 4) is 17.2 Å². The lowest BCUT2D eigenvalue weighted by Crippen LogP contribution is -2.20. The Bertz CT molecular complexity index is 1410. The first-order valence-corrected chi connectivity index (χ1v) is 13.1. The molecule has 1 heterocycles. The van der Waals surface area contributed by atoms with Gasteiger partial charge in [0.15, 0.2) is 23.2 Å². The van der Waals surface area contributed by atoms with Crippen molar-refractivity contribution in [1.29, 1.82) is 0 Å². The summed E-state index contributed by atoms with van der Waals surface area (Å²) in [6.45, 7) is -0.599. The molecule has 0 fully saturated rings. The van der Waals surface area contributed by atoms with Gasteiger partial charge in [-0.3, -0.25) is 25.0 Å². The van der Waals surface area contributed by atoms with E-state index < -0.39 is 33.2 Å². The van der Waals surface area contributed by atoms with Crippen LogP contribution in [-0.2, 0) is 30.6 Å². The van der Waals surface area contributed by atoms with E-state index in [0.717, 1.165) is 36.0 Å².